The number of nitrogens with one attached hydrogen (secondary N) is 2. The van der Waals surface area contributed by atoms with E-state index in [-0.39, 0.29) is 11.8 Å². The van der Waals surface area contributed by atoms with E-state index in [2.05, 4.69) is 15.2 Å². The van der Waals surface area contributed by atoms with E-state index in [1.165, 1.54) is 0 Å². The Hall–Kier alpha value is -3.23. The lowest BCUT2D eigenvalue weighted by molar-refractivity contribution is -0.117. The maximum atomic E-state index is 13.1. The van der Waals surface area contributed by atoms with Crippen LogP contribution in [0.2, 0.25) is 0 Å². The summed E-state index contributed by atoms with van der Waals surface area (Å²) < 4.78 is 2.25. The average molecular weight is 422 g/mol. The summed E-state index contributed by atoms with van der Waals surface area (Å²) in [5.74, 6) is -0.121. The van der Waals surface area contributed by atoms with Crippen molar-refractivity contribution in [1.82, 2.24) is 19.4 Å². The number of H-pyrrole nitrogens is 1. The monoisotopic (exact) mass is 421 g/mol. The van der Waals surface area contributed by atoms with Gasteiger partial charge in [0, 0.05) is 43.8 Å². The molecule has 4 rings (SSSR count). The van der Waals surface area contributed by atoms with Crippen molar-refractivity contribution in [1.29, 1.82) is 0 Å². The highest BCUT2D eigenvalue weighted by molar-refractivity contribution is 7.71. The number of rotatable bonds is 5. The number of aromatic amines is 1. The average Bonchev–Trinajstić information content (AvgIpc) is 3.16. The van der Waals surface area contributed by atoms with Crippen LogP contribution in [0.15, 0.2) is 66.9 Å². The molecule has 2 amide bonds. The summed E-state index contributed by atoms with van der Waals surface area (Å²) >= 11 is 5.38. The summed E-state index contributed by atoms with van der Waals surface area (Å²) in [4.78, 5) is 32.2. The minimum absolute atomic E-state index is 0.0516. The highest BCUT2D eigenvalue weighted by atomic mass is 32.1. The first-order valence-electron chi connectivity index (χ1n) is 9.84. The summed E-state index contributed by atoms with van der Waals surface area (Å²) in [7, 11) is 0. The number of carbonyl (C=O) groups is 2. The van der Waals surface area contributed by atoms with Crippen molar-refractivity contribution >= 4 is 29.7 Å². The predicted octanol–water partition coefficient (Wildman–Crippen LogP) is 2.93. The number of hydrogen-bond donors (Lipinski definition) is 2. The fourth-order valence-corrected chi connectivity index (χ4v) is 3.82. The smallest absolute Gasteiger partial charge is 0.272 e. The molecule has 2 aromatic carbocycles. The van der Waals surface area contributed by atoms with Crippen LogP contribution in [0.1, 0.15) is 10.5 Å². The lowest BCUT2D eigenvalue weighted by atomic mass is 10.2. The molecule has 1 fully saturated rings. The molecule has 1 aromatic heterocycles. The highest BCUT2D eigenvalue weighted by Gasteiger charge is 2.26. The van der Waals surface area contributed by atoms with E-state index in [1.807, 2.05) is 65.6 Å². The first-order chi connectivity index (χ1) is 14.6. The Balaban J connectivity index is 1.36. The molecular formula is C22H23N5O2S. The van der Waals surface area contributed by atoms with Crippen LogP contribution in [-0.2, 0) is 4.79 Å². The molecule has 0 unspecified atom stereocenters. The van der Waals surface area contributed by atoms with Crippen molar-refractivity contribution in [3.8, 4) is 5.69 Å². The molecule has 3 aromatic rings. The number of imidazole rings is 1. The van der Waals surface area contributed by atoms with E-state index in [1.54, 1.807) is 10.8 Å². The van der Waals surface area contributed by atoms with Gasteiger partial charge in [-0.2, -0.15) is 0 Å². The number of para-hydroxylation sites is 2. The number of aromatic nitrogens is 2. The number of benzene rings is 2. The molecular weight excluding hydrogens is 398 g/mol. The summed E-state index contributed by atoms with van der Waals surface area (Å²) in [6, 6.07) is 19.0. The van der Waals surface area contributed by atoms with E-state index in [4.69, 9.17) is 12.2 Å². The van der Waals surface area contributed by atoms with Gasteiger partial charge in [-0.25, -0.2) is 0 Å². The summed E-state index contributed by atoms with van der Waals surface area (Å²) in [6.07, 6.45) is 1.66. The Morgan fingerprint density at radius 2 is 1.57 bits per heavy atom. The Labute approximate surface area is 179 Å². The SMILES string of the molecule is O=C(CN1CCN(C(=O)c2c[nH]c(=S)n2-c2ccccc2)CC1)Nc1ccccc1. The Kier molecular flexibility index (Phi) is 6.06. The van der Waals surface area contributed by atoms with Crippen molar-refractivity contribution in [3.05, 3.63) is 77.3 Å². The molecule has 30 heavy (non-hydrogen) atoms. The van der Waals surface area contributed by atoms with Crippen LogP contribution in [0, 0.1) is 4.77 Å². The molecule has 2 N–H and O–H groups in total. The van der Waals surface area contributed by atoms with Crippen LogP contribution in [0.3, 0.4) is 0 Å². The van der Waals surface area contributed by atoms with Gasteiger partial charge in [0.25, 0.3) is 5.91 Å². The first kappa shape index (κ1) is 20.1. The molecule has 0 spiro atoms. The van der Waals surface area contributed by atoms with E-state index in [0.717, 1.165) is 11.4 Å². The third-order valence-corrected chi connectivity index (χ3v) is 5.39. The van der Waals surface area contributed by atoms with E-state index >= 15 is 0 Å². The lowest BCUT2D eigenvalue weighted by Gasteiger charge is -2.34. The number of carbonyl (C=O) groups excluding carboxylic acids is 2. The van der Waals surface area contributed by atoms with Gasteiger partial charge in [0.1, 0.15) is 5.69 Å². The quantitative estimate of drug-likeness (QED) is 0.622. The first-order valence-corrected chi connectivity index (χ1v) is 10.2. The number of anilines is 1. The predicted molar refractivity (Wildman–Crippen MR) is 118 cm³/mol. The second-order valence-corrected chi connectivity index (χ2v) is 7.52. The van der Waals surface area contributed by atoms with Crippen LogP contribution in [0.25, 0.3) is 5.69 Å². The van der Waals surface area contributed by atoms with Gasteiger partial charge in [-0.3, -0.25) is 19.1 Å². The van der Waals surface area contributed by atoms with Gasteiger partial charge >= 0.3 is 0 Å². The number of amides is 2. The number of hydrogen-bond acceptors (Lipinski definition) is 4. The largest absolute Gasteiger partial charge is 0.336 e. The molecule has 0 atom stereocenters. The van der Waals surface area contributed by atoms with Crippen molar-refractivity contribution < 1.29 is 9.59 Å². The zero-order chi connectivity index (χ0) is 20.9. The van der Waals surface area contributed by atoms with Crippen molar-refractivity contribution in [2.24, 2.45) is 0 Å². The summed E-state index contributed by atoms with van der Waals surface area (Å²) in [5.41, 5.74) is 2.15. The molecule has 7 nitrogen and oxygen atoms in total. The molecule has 1 aliphatic heterocycles. The van der Waals surface area contributed by atoms with Gasteiger partial charge in [-0.05, 0) is 36.5 Å². The van der Waals surface area contributed by atoms with Gasteiger partial charge in [-0.1, -0.05) is 36.4 Å². The van der Waals surface area contributed by atoms with Crippen molar-refractivity contribution in [2.45, 2.75) is 0 Å². The summed E-state index contributed by atoms with van der Waals surface area (Å²) in [5, 5.41) is 2.90. The van der Waals surface area contributed by atoms with Crippen LogP contribution in [-0.4, -0.2) is 63.9 Å². The lowest BCUT2D eigenvalue weighted by Crippen LogP contribution is -2.50. The highest BCUT2D eigenvalue weighted by Crippen LogP contribution is 2.16. The van der Waals surface area contributed by atoms with Crippen molar-refractivity contribution in [3.63, 3.8) is 0 Å². The minimum atomic E-state index is -0.0698. The van der Waals surface area contributed by atoms with E-state index in [9.17, 15) is 9.59 Å². The molecule has 8 heteroatoms. The third kappa shape index (κ3) is 4.50. The van der Waals surface area contributed by atoms with Crippen molar-refractivity contribution in [2.75, 3.05) is 38.0 Å². The molecule has 0 radical (unpaired) electrons. The zero-order valence-electron chi connectivity index (χ0n) is 16.5. The molecule has 1 aliphatic rings. The molecule has 154 valence electrons. The Morgan fingerprint density at radius 1 is 0.933 bits per heavy atom. The van der Waals surface area contributed by atoms with Gasteiger partial charge in [0.05, 0.1) is 6.54 Å². The van der Waals surface area contributed by atoms with Crippen LogP contribution >= 0.6 is 12.2 Å². The normalized spacial score (nSPS) is 14.5. The fraction of sp³-hybridized carbons (Fsp3) is 0.227. The second kappa shape index (κ2) is 9.06. The molecule has 0 bridgehead atoms. The van der Waals surface area contributed by atoms with E-state index in [0.29, 0.717) is 43.2 Å². The molecule has 2 heterocycles. The number of nitrogens with zero attached hydrogens (tertiary/aromatic N) is 3. The molecule has 0 saturated carbocycles. The van der Waals surface area contributed by atoms with Gasteiger partial charge in [-0.15, -0.1) is 0 Å². The van der Waals surface area contributed by atoms with Gasteiger partial charge < -0.3 is 15.2 Å². The Morgan fingerprint density at radius 3 is 2.23 bits per heavy atom. The topological polar surface area (TPSA) is 73.4 Å². The summed E-state index contributed by atoms with van der Waals surface area (Å²) in [6.45, 7) is 2.71. The van der Waals surface area contributed by atoms with Crippen LogP contribution < -0.4 is 5.32 Å². The maximum Gasteiger partial charge on any atom is 0.272 e. The van der Waals surface area contributed by atoms with Crippen LogP contribution in [0.4, 0.5) is 5.69 Å². The minimum Gasteiger partial charge on any atom is -0.336 e. The maximum absolute atomic E-state index is 13.1. The van der Waals surface area contributed by atoms with E-state index < -0.39 is 0 Å². The van der Waals surface area contributed by atoms with Gasteiger partial charge in [0.15, 0.2) is 4.77 Å². The van der Waals surface area contributed by atoms with Gasteiger partial charge in [0.2, 0.25) is 5.91 Å². The van der Waals surface area contributed by atoms with Crippen LogP contribution in [0.5, 0.6) is 0 Å². The second-order valence-electron chi connectivity index (χ2n) is 7.13. The molecule has 0 aliphatic carbocycles. The third-order valence-electron chi connectivity index (χ3n) is 5.09. The molecule has 1 saturated heterocycles. The zero-order valence-corrected chi connectivity index (χ0v) is 17.3. The number of piperazine rings is 1. The standard InChI is InChI=1S/C22H23N5O2S/c28-20(24-17-7-3-1-4-8-17)16-25-11-13-26(14-12-25)21(29)19-15-23-22(30)27(19)18-9-5-2-6-10-18/h1-10,15H,11-14,16H2,(H,23,30)(H,24,28). The Bertz CT molecular complexity index is 1070. The fourth-order valence-electron chi connectivity index (χ4n) is 3.56.